The van der Waals surface area contributed by atoms with Crippen molar-refractivity contribution in [1.82, 2.24) is 5.32 Å². The first kappa shape index (κ1) is 17.6. The Kier molecular flexibility index (Phi) is 4.26. The number of hydrogen-bond acceptors (Lipinski definition) is 3. The third-order valence-corrected chi connectivity index (χ3v) is 8.46. The maximum absolute atomic E-state index is 12.6. The van der Waals surface area contributed by atoms with Crippen LogP contribution in [0.1, 0.15) is 62.2 Å². The molecule has 4 nitrogen and oxygen atoms in total. The van der Waals surface area contributed by atoms with Gasteiger partial charge in [0, 0.05) is 17.0 Å². The Balaban J connectivity index is 1.21. The molecule has 0 aromatic heterocycles. The van der Waals surface area contributed by atoms with Gasteiger partial charge < -0.3 is 10.6 Å². The standard InChI is InChI=1S/C22H28N2O2S/c1-13-20(25)24-18-9-17(2-3-19(18)27-13)21(26)23-5-4-22-10-14-6-15(11-22)8-16(7-14)12-22/h2-3,9,13-16H,4-8,10-12H2,1H3,(H,23,26)(H,24,25). The highest BCUT2D eigenvalue weighted by Gasteiger charge is 2.50. The fourth-order valence-electron chi connectivity index (χ4n) is 6.49. The molecule has 1 atom stereocenters. The zero-order valence-electron chi connectivity index (χ0n) is 15.9. The highest BCUT2D eigenvalue weighted by atomic mass is 32.2. The van der Waals surface area contributed by atoms with Gasteiger partial charge in [-0.25, -0.2) is 0 Å². The minimum atomic E-state index is -0.0857. The molecule has 1 aromatic rings. The Labute approximate surface area is 165 Å². The molecule has 4 bridgehead atoms. The van der Waals surface area contributed by atoms with E-state index in [9.17, 15) is 9.59 Å². The van der Waals surface area contributed by atoms with Crippen LogP contribution in [0.4, 0.5) is 5.69 Å². The molecule has 0 spiro atoms. The summed E-state index contributed by atoms with van der Waals surface area (Å²) >= 11 is 1.55. The molecular weight excluding hydrogens is 356 g/mol. The normalized spacial score (nSPS) is 36.3. The first-order valence-electron chi connectivity index (χ1n) is 10.4. The maximum Gasteiger partial charge on any atom is 0.251 e. The number of anilines is 1. The zero-order valence-corrected chi connectivity index (χ0v) is 16.7. The second-order valence-electron chi connectivity index (χ2n) is 9.38. The molecule has 2 N–H and O–H groups in total. The quantitative estimate of drug-likeness (QED) is 0.806. The average Bonchev–Trinajstić information content (AvgIpc) is 2.61. The van der Waals surface area contributed by atoms with E-state index in [1.54, 1.807) is 11.8 Å². The number of thioether (sulfide) groups is 1. The fraction of sp³-hybridized carbons (Fsp3) is 0.636. The van der Waals surface area contributed by atoms with E-state index in [-0.39, 0.29) is 17.1 Å². The zero-order chi connectivity index (χ0) is 18.6. The number of carbonyl (C=O) groups is 2. The molecule has 4 saturated carbocycles. The molecule has 144 valence electrons. The van der Waals surface area contributed by atoms with E-state index >= 15 is 0 Å². The first-order chi connectivity index (χ1) is 13.0. The molecule has 0 radical (unpaired) electrons. The Hall–Kier alpha value is -1.49. The van der Waals surface area contributed by atoms with Gasteiger partial charge >= 0.3 is 0 Å². The number of hydrogen-bond donors (Lipinski definition) is 2. The summed E-state index contributed by atoms with van der Waals surface area (Å²) in [6, 6.07) is 5.63. The van der Waals surface area contributed by atoms with Crippen molar-refractivity contribution >= 4 is 29.3 Å². The van der Waals surface area contributed by atoms with Crippen LogP contribution in [0, 0.1) is 23.2 Å². The van der Waals surface area contributed by atoms with Gasteiger partial charge in [-0.05, 0) is 93.2 Å². The molecule has 5 aliphatic rings. The third-order valence-electron chi connectivity index (χ3n) is 7.28. The van der Waals surface area contributed by atoms with Gasteiger partial charge in [-0.15, -0.1) is 11.8 Å². The second-order valence-corrected chi connectivity index (χ2v) is 10.8. The molecule has 0 saturated heterocycles. The maximum atomic E-state index is 12.6. The summed E-state index contributed by atoms with van der Waals surface area (Å²) in [5, 5.41) is 5.97. The minimum Gasteiger partial charge on any atom is -0.352 e. The number of fused-ring (bicyclic) bond motifs is 1. The highest BCUT2D eigenvalue weighted by Crippen LogP contribution is 2.61. The van der Waals surface area contributed by atoms with Crippen LogP contribution in [-0.4, -0.2) is 23.6 Å². The second kappa shape index (κ2) is 6.54. The number of benzene rings is 1. The van der Waals surface area contributed by atoms with Crippen molar-refractivity contribution in [3.05, 3.63) is 23.8 Å². The van der Waals surface area contributed by atoms with E-state index in [4.69, 9.17) is 0 Å². The van der Waals surface area contributed by atoms with Crippen LogP contribution in [0.15, 0.2) is 23.1 Å². The summed E-state index contributed by atoms with van der Waals surface area (Å²) in [7, 11) is 0. The van der Waals surface area contributed by atoms with Crippen molar-refractivity contribution < 1.29 is 9.59 Å². The summed E-state index contributed by atoms with van der Waals surface area (Å²) in [4.78, 5) is 25.5. The fourth-order valence-corrected chi connectivity index (χ4v) is 7.42. The van der Waals surface area contributed by atoms with Gasteiger partial charge in [0.25, 0.3) is 5.91 Å². The number of carbonyl (C=O) groups excluding carboxylic acids is 2. The van der Waals surface area contributed by atoms with E-state index in [2.05, 4.69) is 10.6 Å². The van der Waals surface area contributed by atoms with Crippen molar-refractivity contribution in [3.8, 4) is 0 Å². The van der Waals surface area contributed by atoms with Crippen molar-refractivity contribution in [2.75, 3.05) is 11.9 Å². The molecule has 27 heavy (non-hydrogen) atoms. The molecule has 1 aromatic carbocycles. The molecule has 5 heteroatoms. The lowest BCUT2D eigenvalue weighted by molar-refractivity contribution is -0.115. The van der Waals surface area contributed by atoms with Crippen molar-refractivity contribution in [2.45, 2.75) is 62.0 Å². The predicted octanol–water partition coefficient (Wildman–Crippen LogP) is 4.46. The highest BCUT2D eigenvalue weighted by molar-refractivity contribution is 8.00. The number of rotatable bonds is 4. The molecule has 1 heterocycles. The molecule has 6 rings (SSSR count). The van der Waals surface area contributed by atoms with E-state index < -0.39 is 0 Å². The summed E-state index contributed by atoms with van der Waals surface area (Å²) < 4.78 is 0. The average molecular weight is 385 g/mol. The van der Waals surface area contributed by atoms with Crippen molar-refractivity contribution in [2.24, 2.45) is 23.2 Å². The Morgan fingerprint density at radius 2 is 1.85 bits per heavy atom. The first-order valence-corrected chi connectivity index (χ1v) is 11.3. The molecule has 2 amide bonds. The van der Waals surface area contributed by atoms with Gasteiger partial charge in [0.2, 0.25) is 5.91 Å². The smallest absolute Gasteiger partial charge is 0.251 e. The van der Waals surface area contributed by atoms with Gasteiger partial charge in [0.1, 0.15) is 0 Å². The Morgan fingerprint density at radius 1 is 1.19 bits per heavy atom. The molecule has 1 unspecified atom stereocenters. The van der Waals surface area contributed by atoms with Gasteiger partial charge in [-0.3, -0.25) is 9.59 Å². The van der Waals surface area contributed by atoms with Gasteiger partial charge in [0.15, 0.2) is 0 Å². The van der Waals surface area contributed by atoms with Crippen LogP contribution in [-0.2, 0) is 4.79 Å². The predicted molar refractivity (Wildman–Crippen MR) is 108 cm³/mol. The molecular formula is C22H28N2O2S. The lowest BCUT2D eigenvalue weighted by atomic mass is 9.49. The topological polar surface area (TPSA) is 58.2 Å². The molecule has 4 fully saturated rings. The summed E-state index contributed by atoms with van der Waals surface area (Å²) in [6.45, 7) is 2.66. The van der Waals surface area contributed by atoms with E-state index in [1.165, 1.54) is 38.5 Å². The number of nitrogens with one attached hydrogen (secondary N) is 2. The molecule has 4 aliphatic carbocycles. The summed E-state index contributed by atoms with van der Waals surface area (Å²) in [6.07, 6.45) is 9.66. The van der Waals surface area contributed by atoms with E-state index in [1.807, 2.05) is 25.1 Å². The number of amides is 2. The van der Waals surface area contributed by atoms with Crippen LogP contribution in [0.3, 0.4) is 0 Å². The Morgan fingerprint density at radius 3 is 2.52 bits per heavy atom. The van der Waals surface area contributed by atoms with Gasteiger partial charge in [-0.1, -0.05) is 0 Å². The van der Waals surface area contributed by atoms with Gasteiger partial charge in [0.05, 0.1) is 10.9 Å². The lowest BCUT2D eigenvalue weighted by Gasteiger charge is -2.57. The minimum absolute atomic E-state index is 0.00637. The van der Waals surface area contributed by atoms with E-state index in [0.29, 0.717) is 11.0 Å². The van der Waals surface area contributed by atoms with Crippen LogP contribution in [0.5, 0.6) is 0 Å². The van der Waals surface area contributed by atoms with Crippen LogP contribution >= 0.6 is 11.8 Å². The van der Waals surface area contributed by atoms with Gasteiger partial charge in [-0.2, -0.15) is 0 Å². The van der Waals surface area contributed by atoms with Crippen molar-refractivity contribution in [1.29, 1.82) is 0 Å². The van der Waals surface area contributed by atoms with E-state index in [0.717, 1.165) is 41.3 Å². The van der Waals surface area contributed by atoms with Crippen molar-refractivity contribution in [3.63, 3.8) is 0 Å². The van der Waals surface area contributed by atoms with Crippen LogP contribution in [0.25, 0.3) is 0 Å². The monoisotopic (exact) mass is 384 g/mol. The summed E-state index contributed by atoms with van der Waals surface area (Å²) in [5.41, 5.74) is 1.89. The van der Waals surface area contributed by atoms with Crippen LogP contribution in [0.2, 0.25) is 0 Å². The SMILES string of the molecule is CC1Sc2ccc(C(=O)NCCC34CC5CC(CC(C5)C3)C4)cc2NC1=O. The van der Waals surface area contributed by atoms with Crippen LogP contribution < -0.4 is 10.6 Å². The molecule has 1 aliphatic heterocycles. The largest absolute Gasteiger partial charge is 0.352 e. The lowest BCUT2D eigenvalue weighted by Crippen LogP contribution is -2.47. The Bertz CT molecular complexity index is 755. The third kappa shape index (κ3) is 3.28. The summed E-state index contributed by atoms with van der Waals surface area (Å²) in [5.74, 6) is 2.84.